The number of halogens is 1. The lowest BCUT2D eigenvalue weighted by atomic mass is 9.68. The number of Topliss-reactive ketones (excluding diaryl/α,β-unsaturated/α-hetero) is 1. The number of ketones is 1. The van der Waals surface area contributed by atoms with Crippen molar-refractivity contribution in [3.63, 3.8) is 0 Å². The van der Waals surface area contributed by atoms with Gasteiger partial charge in [0.1, 0.15) is 5.82 Å². The van der Waals surface area contributed by atoms with Crippen LogP contribution in [-0.4, -0.2) is 27.6 Å². The third kappa shape index (κ3) is 5.50. The molecule has 0 radical (unpaired) electrons. The van der Waals surface area contributed by atoms with Crippen molar-refractivity contribution in [2.75, 3.05) is 16.0 Å². The van der Waals surface area contributed by atoms with Gasteiger partial charge in [0.05, 0.1) is 23.3 Å². The van der Waals surface area contributed by atoms with Crippen LogP contribution in [0.15, 0.2) is 75.5 Å². The average molecular weight is 591 g/mol. The number of nitrogens with zero attached hydrogens (tertiary/aromatic N) is 4. The fraction of sp³-hybridized carbons (Fsp3) is 0.276. The first-order valence-electron chi connectivity index (χ1n) is 12.6. The summed E-state index contributed by atoms with van der Waals surface area (Å²) in [4.78, 5) is 27.8. The van der Waals surface area contributed by atoms with E-state index in [2.05, 4.69) is 21.6 Å². The van der Waals surface area contributed by atoms with Crippen molar-refractivity contribution >= 4 is 57.2 Å². The molecule has 1 aromatic heterocycles. The summed E-state index contributed by atoms with van der Waals surface area (Å²) in [5.74, 6) is -0.539. The highest BCUT2D eigenvalue weighted by Gasteiger charge is 2.45. The van der Waals surface area contributed by atoms with Crippen LogP contribution in [0.25, 0.3) is 0 Å². The minimum absolute atomic E-state index is 0.0479. The van der Waals surface area contributed by atoms with Gasteiger partial charge in [-0.3, -0.25) is 14.5 Å². The predicted molar refractivity (Wildman–Crippen MR) is 159 cm³/mol. The van der Waals surface area contributed by atoms with E-state index in [4.69, 9.17) is 17.3 Å². The Kier molecular flexibility index (Phi) is 7.73. The molecule has 1 atom stereocenters. The Morgan fingerprint density at radius 1 is 1.23 bits per heavy atom. The standard InChI is InChI=1S/C29H27ClN6O2S2/c1-16-8-10-17(11-9-16)33-23(38)15-39-28-35-34-27(40-28)36-21-12-29(2,3)13-22(37)25(21)24(19(14-31)26(36)32)18-6-4-5-7-20(18)30/h4-11,24H,12-13,15,32H2,1-3H3,(H,33,38). The highest BCUT2D eigenvalue weighted by atomic mass is 35.5. The lowest BCUT2D eigenvalue weighted by Crippen LogP contribution is -2.42. The van der Waals surface area contributed by atoms with Gasteiger partial charge in [-0.25, -0.2) is 0 Å². The number of aryl methyl sites for hydroxylation is 1. The number of carbonyl (C=O) groups excluding carboxylic acids is 2. The molecule has 1 unspecified atom stereocenters. The third-order valence-electron chi connectivity index (χ3n) is 6.85. The molecule has 5 rings (SSSR count). The van der Waals surface area contributed by atoms with E-state index in [1.54, 1.807) is 11.0 Å². The van der Waals surface area contributed by atoms with Gasteiger partial charge in [-0.05, 0) is 42.5 Å². The molecule has 1 amide bonds. The smallest absolute Gasteiger partial charge is 0.234 e. The number of anilines is 2. The van der Waals surface area contributed by atoms with Gasteiger partial charge in [0.15, 0.2) is 10.1 Å². The molecule has 2 heterocycles. The molecule has 2 aromatic carbocycles. The number of benzene rings is 2. The number of hydrogen-bond acceptors (Lipinski definition) is 9. The number of allylic oxidation sites excluding steroid dienone is 3. The van der Waals surface area contributed by atoms with Gasteiger partial charge < -0.3 is 11.1 Å². The highest BCUT2D eigenvalue weighted by molar-refractivity contribution is 8.01. The van der Waals surface area contributed by atoms with Crippen molar-refractivity contribution < 1.29 is 9.59 Å². The number of carbonyl (C=O) groups is 2. The van der Waals surface area contributed by atoms with Gasteiger partial charge in [-0.2, -0.15) is 5.26 Å². The number of nitrogens with two attached hydrogens (primary N) is 1. The summed E-state index contributed by atoms with van der Waals surface area (Å²) in [6.45, 7) is 6.05. The van der Waals surface area contributed by atoms with Gasteiger partial charge >= 0.3 is 0 Å². The average Bonchev–Trinajstić information content (AvgIpc) is 3.36. The van der Waals surface area contributed by atoms with Gasteiger partial charge in [0.2, 0.25) is 11.0 Å². The number of thioether (sulfide) groups is 1. The molecule has 3 N–H and O–H groups in total. The number of amides is 1. The van der Waals surface area contributed by atoms with E-state index >= 15 is 0 Å². The molecule has 0 saturated heterocycles. The first-order chi connectivity index (χ1) is 19.1. The number of nitriles is 1. The molecule has 3 aromatic rings. The van der Waals surface area contributed by atoms with Gasteiger partial charge in [-0.1, -0.05) is 84.4 Å². The molecule has 40 heavy (non-hydrogen) atoms. The van der Waals surface area contributed by atoms with Crippen molar-refractivity contribution in [2.45, 2.75) is 43.9 Å². The van der Waals surface area contributed by atoms with Crippen molar-refractivity contribution in [1.29, 1.82) is 5.26 Å². The zero-order chi connectivity index (χ0) is 28.6. The topological polar surface area (TPSA) is 125 Å². The summed E-state index contributed by atoms with van der Waals surface area (Å²) in [5, 5.41) is 22.6. The van der Waals surface area contributed by atoms with E-state index in [0.717, 1.165) is 11.3 Å². The second-order valence-corrected chi connectivity index (χ2v) is 13.1. The monoisotopic (exact) mass is 590 g/mol. The van der Waals surface area contributed by atoms with E-state index in [1.807, 2.05) is 63.2 Å². The molecule has 0 bridgehead atoms. The zero-order valence-corrected chi connectivity index (χ0v) is 24.6. The number of aromatic nitrogens is 2. The maximum absolute atomic E-state index is 13.7. The molecule has 204 valence electrons. The fourth-order valence-electron chi connectivity index (χ4n) is 5.06. The van der Waals surface area contributed by atoms with Gasteiger partial charge in [-0.15, -0.1) is 10.2 Å². The summed E-state index contributed by atoms with van der Waals surface area (Å²) in [6, 6.07) is 17.0. The lowest BCUT2D eigenvalue weighted by Gasteiger charge is -2.42. The van der Waals surface area contributed by atoms with Crippen LogP contribution in [0.5, 0.6) is 0 Å². The summed E-state index contributed by atoms with van der Waals surface area (Å²) in [6.07, 6.45) is 0.891. The van der Waals surface area contributed by atoms with Crippen molar-refractivity contribution in [2.24, 2.45) is 11.1 Å². The van der Waals surface area contributed by atoms with E-state index in [9.17, 15) is 14.9 Å². The first-order valence-corrected chi connectivity index (χ1v) is 14.8. The predicted octanol–water partition coefficient (Wildman–Crippen LogP) is 6.17. The highest BCUT2D eigenvalue weighted by Crippen LogP contribution is 2.51. The number of nitrogens with one attached hydrogen (secondary N) is 1. The summed E-state index contributed by atoms with van der Waals surface area (Å²) in [7, 11) is 0. The van der Waals surface area contributed by atoms with Crippen molar-refractivity contribution in [1.82, 2.24) is 10.2 Å². The van der Waals surface area contributed by atoms with Gasteiger partial charge in [0, 0.05) is 28.4 Å². The molecule has 1 aliphatic carbocycles. The Bertz CT molecular complexity index is 1600. The minimum Gasteiger partial charge on any atom is -0.384 e. The number of rotatable bonds is 6. The summed E-state index contributed by atoms with van der Waals surface area (Å²) >= 11 is 9.07. The Morgan fingerprint density at radius 2 is 1.95 bits per heavy atom. The third-order valence-corrected chi connectivity index (χ3v) is 9.23. The SMILES string of the molecule is Cc1ccc(NC(=O)CSc2nnc(N3C(N)=C(C#N)C(c4ccccc4Cl)C4=C3CC(C)(C)CC4=O)s2)cc1. The second-order valence-electron chi connectivity index (χ2n) is 10.6. The quantitative estimate of drug-likeness (QED) is 0.326. The van der Waals surface area contributed by atoms with Crippen LogP contribution in [0, 0.1) is 23.7 Å². The lowest BCUT2D eigenvalue weighted by molar-refractivity contribution is -0.118. The first kappa shape index (κ1) is 27.9. The maximum atomic E-state index is 13.7. The van der Waals surface area contributed by atoms with E-state index < -0.39 is 5.92 Å². The fourth-order valence-corrected chi connectivity index (χ4v) is 6.99. The van der Waals surface area contributed by atoms with Gasteiger partial charge in [0.25, 0.3) is 0 Å². The van der Waals surface area contributed by atoms with Crippen LogP contribution >= 0.6 is 34.7 Å². The van der Waals surface area contributed by atoms with E-state index in [0.29, 0.717) is 44.2 Å². The normalized spacial score (nSPS) is 18.4. The van der Waals surface area contributed by atoms with Crippen LogP contribution in [0.1, 0.15) is 43.7 Å². The molecule has 0 spiro atoms. The Hall–Kier alpha value is -3.65. The zero-order valence-electron chi connectivity index (χ0n) is 22.2. The summed E-state index contributed by atoms with van der Waals surface area (Å²) in [5.41, 5.74) is 10.3. The maximum Gasteiger partial charge on any atom is 0.234 e. The van der Waals surface area contributed by atoms with E-state index in [-0.39, 0.29) is 34.3 Å². The molecule has 8 nitrogen and oxygen atoms in total. The Morgan fingerprint density at radius 3 is 2.65 bits per heavy atom. The molecular weight excluding hydrogens is 564 g/mol. The van der Waals surface area contributed by atoms with Crippen LogP contribution in [0.3, 0.4) is 0 Å². The molecule has 1 aliphatic heterocycles. The van der Waals surface area contributed by atoms with Crippen LogP contribution < -0.4 is 16.0 Å². The minimum atomic E-state index is -0.666. The molecule has 11 heteroatoms. The van der Waals surface area contributed by atoms with Crippen LogP contribution in [0.4, 0.5) is 10.8 Å². The number of hydrogen-bond donors (Lipinski definition) is 2. The van der Waals surface area contributed by atoms with Crippen LogP contribution in [-0.2, 0) is 9.59 Å². The second kappa shape index (κ2) is 11.1. The van der Waals surface area contributed by atoms with Crippen molar-refractivity contribution in [3.8, 4) is 6.07 Å². The van der Waals surface area contributed by atoms with Crippen LogP contribution in [0.2, 0.25) is 5.02 Å². The largest absolute Gasteiger partial charge is 0.384 e. The molecule has 0 saturated carbocycles. The molecule has 0 fully saturated rings. The molecular formula is C29H27ClN6O2S2. The van der Waals surface area contributed by atoms with E-state index in [1.165, 1.54) is 23.1 Å². The Balaban J connectivity index is 1.47. The van der Waals surface area contributed by atoms with Crippen molar-refractivity contribution in [3.05, 3.63) is 87.3 Å². The Labute approximate surface area is 245 Å². The molecule has 2 aliphatic rings. The summed E-state index contributed by atoms with van der Waals surface area (Å²) < 4.78 is 0.567.